The summed E-state index contributed by atoms with van der Waals surface area (Å²) in [7, 11) is 0. The number of piperazine rings is 3. The Bertz CT molecular complexity index is 457. The molecule has 19 heavy (non-hydrogen) atoms. The van der Waals surface area contributed by atoms with Crippen molar-refractivity contribution in [2.24, 2.45) is 0 Å². The normalized spacial score (nSPS) is 31.4. The number of aryl methyl sites for hydroxylation is 1. The van der Waals surface area contributed by atoms with Crippen LogP contribution >= 0.6 is 0 Å². The molecule has 3 fully saturated rings. The minimum atomic E-state index is -0.368. The summed E-state index contributed by atoms with van der Waals surface area (Å²) in [5, 5.41) is 10.5. The summed E-state index contributed by atoms with van der Waals surface area (Å²) in [6.45, 7) is 7.23. The molecule has 0 aliphatic carbocycles. The summed E-state index contributed by atoms with van der Waals surface area (Å²) in [6, 6.07) is 5.04. The van der Waals surface area contributed by atoms with Crippen LogP contribution in [0.4, 0.5) is 4.39 Å². The SMILES string of the molecule is Cc1cc(F)ccc1CC(O)C1CN2CCN1CC2. The number of fused-ring (bicyclic) bond motifs is 3. The average molecular weight is 264 g/mol. The molecule has 2 unspecified atom stereocenters. The van der Waals surface area contributed by atoms with Gasteiger partial charge >= 0.3 is 0 Å². The van der Waals surface area contributed by atoms with Crippen molar-refractivity contribution in [3.05, 3.63) is 35.1 Å². The highest BCUT2D eigenvalue weighted by molar-refractivity contribution is 5.27. The summed E-state index contributed by atoms with van der Waals surface area (Å²) < 4.78 is 13.1. The Morgan fingerprint density at radius 3 is 2.63 bits per heavy atom. The van der Waals surface area contributed by atoms with Crippen LogP contribution in [0, 0.1) is 12.7 Å². The van der Waals surface area contributed by atoms with Gasteiger partial charge in [0.2, 0.25) is 0 Å². The van der Waals surface area contributed by atoms with Gasteiger partial charge in [0.15, 0.2) is 0 Å². The van der Waals surface area contributed by atoms with E-state index in [9.17, 15) is 9.50 Å². The molecule has 0 spiro atoms. The van der Waals surface area contributed by atoms with E-state index in [1.54, 1.807) is 12.1 Å². The molecule has 3 saturated heterocycles. The highest BCUT2D eigenvalue weighted by atomic mass is 19.1. The lowest BCUT2D eigenvalue weighted by molar-refractivity contribution is -0.0453. The fraction of sp³-hybridized carbons (Fsp3) is 0.600. The third-order valence-corrected chi connectivity index (χ3v) is 4.50. The maximum atomic E-state index is 13.1. The van der Waals surface area contributed by atoms with Gasteiger partial charge in [-0.15, -0.1) is 0 Å². The topological polar surface area (TPSA) is 26.7 Å². The van der Waals surface area contributed by atoms with Gasteiger partial charge in [-0.2, -0.15) is 0 Å². The van der Waals surface area contributed by atoms with Gasteiger partial charge in [0.05, 0.1) is 6.10 Å². The van der Waals surface area contributed by atoms with Crippen molar-refractivity contribution in [2.45, 2.75) is 25.5 Å². The van der Waals surface area contributed by atoms with Gasteiger partial charge in [-0.05, 0) is 30.2 Å². The molecule has 3 heterocycles. The van der Waals surface area contributed by atoms with Crippen LogP contribution in [-0.2, 0) is 6.42 Å². The molecule has 3 aliphatic rings. The molecule has 0 aromatic heterocycles. The Morgan fingerprint density at radius 2 is 2.05 bits per heavy atom. The second-order valence-electron chi connectivity index (χ2n) is 5.75. The Labute approximate surface area is 113 Å². The van der Waals surface area contributed by atoms with Crippen molar-refractivity contribution in [3.8, 4) is 0 Å². The maximum Gasteiger partial charge on any atom is 0.123 e. The standard InChI is InChI=1S/C15H21FN2O/c1-11-8-13(16)3-2-12(11)9-15(19)14-10-17-4-6-18(14)7-5-17/h2-3,8,14-15,19H,4-7,9-10H2,1H3. The second kappa shape index (κ2) is 5.19. The fourth-order valence-corrected chi connectivity index (χ4v) is 3.27. The zero-order valence-corrected chi connectivity index (χ0v) is 11.3. The first kappa shape index (κ1) is 13.0. The third-order valence-electron chi connectivity index (χ3n) is 4.50. The van der Waals surface area contributed by atoms with Crippen molar-refractivity contribution in [2.75, 3.05) is 32.7 Å². The minimum Gasteiger partial charge on any atom is -0.391 e. The van der Waals surface area contributed by atoms with Crippen molar-refractivity contribution in [1.29, 1.82) is 0 Å². The maximum absolute atomic E-state index is 13.1. The predicted octanol–water partition coefficient (Wildman–Crippen LogP) is 1.04. The number of hydrogen-bond donors (Lipinski definition) is 1. The van der Waals surface area contributed by atoms with Crippen LogP contribution in [0.25, 0.3) is 0 Å². The van der Waals surface area contributed by atoms with Crippen LogP contribution in [0.3, 0.4) is 0 Å². The molecule has 3 nitrogen and oxygen atoms in total. The van der Waals surface area contributed by atoms with E-state index >= 15 is 0 Å². The van der Waals surface area contributed by atoms with Crippen molar-refractivity contribution in [1.82, 2.24) is 9.80 Å². The van der Waals surface area contributed by atoms with E-state index in [-0.39, 0.29) is 18.0 Å². The number of halogens is 1. The second-order valence-corrected chi connectivity index (χ2v) is 5.75. The number of hydrogen-bond acceptors (Lipinski definition) is 3. The summed E-state index contributed by atoms with van der Waals surface area (Å²) in [5.41, 5.74) is 1.97. The largest absolute Gasteiger partial charge is 0.391 e. The zero-order valence-electron chi connectivity index (χ0n) is 11.3. The van der Waals surface area contributed by atoms with E-state index < -0.39 is 0 Å². The molecule has 0 radical (unpaired) electrons. The molecule has 1 aromatic carbocycles. The summed E-state index contributed by atoms with van der Waals surface area (Å²) in [4.78, 5) is 4.81. The number of rotatable bonds is 3. The van der Waals surface area contributed by atoms with E-state index in [4.69, 9.17) is 0 Å². The zero-order chi connectivity index (χ0) is 13.4. The first-order chi connectivity index (χ1) is 9.13. The first-order valence-corrected chi connectivity index (χ1v) is 7.03. The Hall–Kier alpha value is -0.970. The van der Waals surface area contributed by atoms with E-state index in [1.165, 1.54) is 6.07 Å². The van der Waals surface area contributed by atoms with Crippen LogP contribution in [-0.4, -0.2) is 59.8 Å². The Balaban J connectivity index is 1.69. The van der Waals surface area contributed by atoms with Crippen LogP contribution < -0.4 is 0 Å². The predicted molar refractivity (Wildman–Crippen MR) is 72.6 cm³/mol. The fourth-order valence-electron chi connectivity index (χ4n) is 3.27. The molecule has 3 aliphatic heterocycles. The summed E-state index contributed by atoms with van der Waals surface area (Å²) >= 11 is 0. The Kier molecular flexibility index (Phi) is 3.56. The molecule has 0 saturated carbocycles. The van der Waals surface area contributed by atoms with E-state index in [0.29, 0.717) is 6.42 Å². The van der Waals surface area contributed by atoms with Gasteiger partial charge in [0, 0.05) is 45.2 Å². The van der Waals surface area contributed by atoms with Gasteiger partial charge in [0.25, 0.3) is 0 Å². The molecule has 4 rings (SSSR count). The minimum absolute atomic E-state index is 0.206. The molecule has 2 atom stereocenters. The molecule has 0 amide bonds. The molecule has 2 bridgehead atoms. The van der Waals surface area contributed by atoms with E-state index in [0.717, 1.165) is 43.9 Å². The number of nitrogens with zero attached hydrogens (tertiary/aromatic N) is 2. The molecule has 1 aromatic rings. The molecule has 104 valence electrons. The van der Waals surface area contributed by atoms with E-state index in [1.807, 2.05) is 6.92 Å². The monoisotopic (exact) mass is 264 g/mol. The smallest absolute Gasteiger partial charge is 0.123 e. The quantitative estimate of drug-likeness (QED) is 0.883. The summed E-state index contributed by atoms with van der Waals surface area (Å²) in [6.07, 6.45) is 0.244. The van der Waals surface area contributed by atoms with Gasteiger partial charge in [-0.25, -0.2) is 4.39 Å². The average Bonchev–Trinajstić information content (AvgIpc) is 2.43. The molecular weight excluding hydrogens is 243 g/mol. The lowest BCUT2D eigenvalue weighted by atomic mass is 9.95. The van der Waals surface area contributed by atoms with Crippen LogP contribution in [0.2, 0.25) is 0 Å². The first-order valence-electron chi connectivity index (χ1n) is 7.03. The number of benzene rings is 1. The Morgan fingerprint density at radius 1 is 1.32 bits per heavy atom. The van der Waals surface area contributed by atoms with Crippen molar-refractivity contribution in [3.63, 3.8) is 0 Å². The van der Waals surface area contributed by atoms with Gasteiger partial charge in [-0.1, -0.05) is 6.07 Å². The van der Waals surface area contributed by atoms with Gasteiger partial charge in [-0.3, -0.25) is 9.80 Å². The van der Waals surface area contributed by atoms with Crippen molar-refractivity contribution >= 4 is 0 Å². The highest BCUT2D eigenvalue weighted by Crippen LogP contribution is 2.21. The molecule has 1 N–H and O–H groups in total. The highest BCUT2D eigenvalue weighted by Gasteiger charge is 2.36. The van der Waals surface area contributed by atoms with Crippen molar-refractivity contribution < 1.29 is 9.50 Å². The summed E-state index contributed by atoms with van der Waals surface area (Å²) in [5.74, 6) is -0.206. The van der Waals surface area contributed by atoms with Crippen LogP contribution in [0.5, 0.6) is 0 Å². The molecule has 4 heteroatoms. The molecular formula is C15H21FN2O. The third kappa shape index (κ3) is 2.66. The van der Waals surface area contributed by atoms with Crippen LogP contribution in [0.15, 0.2) is 18.2 Å². The number of aliphatic hydroxyl groups excluding tert-OH is 1. The van der Waals surface area contributed by atoms with Crippen LogP contribution in [0.1, 0.15) is 11.1 Å². The van der Waals surface area contributed by atoms with E-state index in [2.05, 4.69) is 9.80 Å². The lowest BCUT2D eigenvalue weighted by Crippen LogP contribution is -2.64. The number of aliphatic hydroxyl groups is 1. The van der Waals surface area contributed by atoms with Gasteiger partial charge in [0.1, 0.15) is 5.82 Å². The van der Waals surface area contributed by atoms with Gasteiger partial charge < -0.3 is 5.11 Å². The lowest BCUT2D eigenvalue weighted by Gasteiger charge is -2.49.